The Morgan fingerprint density at radius 3 is 1.52 bits per heavy atom. The molecule has 0 rings (SSSR count). The molecule has 0 saturated carbocycles. The minimum Gasteiger partial charge on any atom is -0.477 e. The van der Waals surface area contributed by atoms with Crippen molar-refractivity contribution in [3.8, 4) is 0 Å². The van der Waals surface area contributed by atoms with Crippen LogP contribution in [0, 0.1) is 0 Å². The summed E-state index contributed by atoms with van der Waals surface area (Å²) in [6, 6.07) is 0. The van der Waals surface area contributed by atoms with Crippen LogP contribution in [-0.2, 0) is 38.7 Å². The third-order valence-electron chi connectivity index (χ3n) is 5.12. The summed E-state index contributed by atoms with van der Waals surface area (Å²) in [5.74, 6) is -6.71. The standard InChI is InChI=1S/C22H42O10S/c1-5-9-10-11-12-13-14-15-16-17-18-29-20(25)22(32-8-4,33(26,27)28)21(19(23)24,30-6-2)31-7-3/h5-18H2,1-4H3,(H,23,24)(H,26,27,28). The molecular weight excluding hydrogens is 456 g/mol. The largest absolute Gasteiger partial charge is 0.477 e. The Morgan fingerprint density at radius 1 is 0.727 bits per heavy atom. The third-order valence-corrected chi connectivity index (χ3v) is 6.40. The van der Waals surface area contributed by atoms with Crippen LogP contribution in [0.15, 0.2) is 0 Å². The molecular formula is C22H42O10S. The zero-order valence-corrected chi connectivity index (χ0v) is 21.3. The molecule has 0 amide bonds. The van der Waals surface area contributed by atoms with Crippen LogP contribution in [0.25, 0.3) is 0 Å². The summed E-state index contributed by atoms with van der Waals surface area (Å²) < 4.78 is 55.2. The Morgan fingerprint density at radius 2 is 1.15 bits per heavy atom. The number of carbonyl (C=O) groups is 2. The molecule has 0 saturated heterocycles. The summed E-state index contributed by atoms with van der Waals surface area (Å²) in [4.78, 5) is 21.6. The van der Waals surface area contributed by atoms with Crippen LogP contribution in [0.5, 0.6) is 0 Å². The molecule has 10 nitrogen and oxygen atoms in total. The lowest BCUT2D eigenvalue weighted by Crippen LogP contribution is -2.71. The van der Waals surface area contributed by atoms with Crippen molar-refractivity contribution in [3.05, 3.63) is 0 Å². The summed E-state index contributed by atoms with van der Waals surface area (Å²) in [7, 11) is -5.53. The number of ether oxygens (including phenoxy) is 4. The minimum absolute atomic E-state index is 0.173. The van der Waals surface area contributed by atoms with Crippen LogP contribution < -0.4 is 0 Å². The Labute approximate surface area is 198 Å². The second-order valence-electron chi connectivity index (χ2n) is 7.63. The minimum atomic E-state index is -5.53. The van der Waals surface area contributed by atoms with Crippen LogP contribution in [0.3, 0.4) is 0 Å². The zero-order valence-electron chi connectivity index (χ0n) is 20.5. The van der Waals surface area contributed by atoms with Crippen molar-refractivity contribution >= 4 is 22.1 Å². The Kier molecular flexibility index (Phi) is 15.7. The molecule has 0 radical (unpaired) electrons. The van der Waals surface area contributed by atoms with Gasteiger partial charge >= 0.3 is 32.8 Å². The SMILES string of the molecule is CCCCCCCCCCCCOC(=O)C(OCC)(C(OCC)(OCC)C(=O)O)S(=O)(=O)O. The second kappa shape index (κ2) is 16.4. The first-order chi connectivity index (χ1) is 15.6. The van der Waals surface area contributed by atoms with Crippen molar-refractivity contribution in [1.82, 2.24) is 0 Å². The van der Waals surface area contributed by atoms with Gasteiger partial charge in [-0.15, -0.1) is 0 Å². The van der Waals surface area contributed by atoms with E-state index in [1.165, 1.54) is 52.9 Å². The van der Waals surface area contributed by atoms with E-state index in [0.717, 1.165) is 25.7 Å². The molecule has 196 valence electrons. The van der Waals surface area contributed by atoms with Gasteiger partial charge in [-0.2, -0.15) is 8.42 Å². The highest BCUT2D eigenvalue weighted by Crippen LogP contribution is 2.38. The molecule has 0 heterocycles. The highest BCUT2D eigenvalue weighted by Gasteiger charge is 2.75. The van der Waals surface area contributed by atoms with Crippen molar-refractivity contribution < 1.29 is 46.6 Å². The molecule has 0 aromatic carbocycles. The van der Waals surface area contributed by atoms with E-state index in [1.54, 1.807) is 0 Å². The fourth-order valence-corrected chi connectivity index (χ4v) is 4.67. The molecule has 0 aromatic rings. The Balaban J connectivity index is 5.25. The number of unbranched alkanes of at least 4 members (excludes halogenated alkanes) is 9. The highest BCUT2D eigenvalue weighted by atomic mass is 32.2. The monoisotopic (exact) mass is 498 g/mol. The van der Waals surface area contributed by atoms with E-state index in [-0.39, 0.29) is 19.8 Å². The Bertz CT molecular complexity index is 658. The molecule has 1 unspecified atom stereocenters. The Hall–Kier alpha value is -1.27. The number of esters is 1. The molecule has 33 heavy (non-hydrogen) atoms. The number of carboxylic acid groups (broad SMARTS) is 1. The topological polar surface area (TPSA) is 146 Å². The van der Waals surface area contributed by atoms with Crippen molar-refractivity contribution in [2.75, 3.05) is 26.4 Å². The molecule has 0 bridgehead atoms. The van der Waals surface area contributed by atoms with Gasteiger partial charge in [-0.05, 0) is 27.2 Å². The predicted molar refractivity (Wildman–Crippen MR) is 122 cm³/mol. The average molecular weight is 499 g/mol. The van der Waals surface area contributed by atoms with Crippen LogP contribution >= 0.6 is 0 Å². The second-order valence-corrected chi connectivity index (χ2v) is 9.16. The number of aliphatic carboxylic acids is 1. The smallest absolute Gasteiger partial charge is 0.369 e. The van der Waals surface area contributed by atoms with Crippen LogP contribution in [0.4, 0.5) is 0 Å². The van der Waals surface area contributed by atoms with Crippen molar-refractivity contribution in [3.63, 3.8) is 0 Å². The molecule has 0 aromatic heterocycles. The summed E-state index contributed by atoms with van der Waals surface area (Å²) in [5.41, 5.74) is 0. The lowest BCUT2D eigenvalue weighted by molar-refractivity contribution is -0.294. The van der Waals surface area contributed by atoms with Gasteiger partial charge in [0.05, 0.1) is 6.61 Å². The number of hydrogen-bond donors (Lipinski definition) is 2. The van der Waals surface area contributed by atoms with Crippen molar-refractivity contribution in [2.45, 2.75) is 103 Å². The highest BCUT2D eigenvalue weighted by molar-refractivity contribution is 7.88. The van der Waals surface area contributed by atoms with E-state index in [2.05, 4.69) is 6.92 Å². The molecule has 11 heteroatoms. The predicted octanol–water partition coefficient (Wildman–Crippen LogP) is 3.93. The normalized spacial score (nSPS) is 14.1. The molecule has 0 aliphatic heterocycles. The van der Waals surface area contributed by atoms with Gasteiger partial charge in [0.25, 0.3) is 0 Å². The number of hydrogen-bond acceptors (Lipinski definition) is 8. The maximum atomic E-state index is 13.0. The van der Waals surface area contributed by atoms with E-state index >= 15 is 0 Å². The van der Waals surface area contributed by atoms with Crippen molar-refractivity contribution in [2.24, 2.45) is 0 Å². The molecule has 0 fully saturated rings. The van der Waals surface area contributed by atoms with Crippen LogP contribution in [0.1, 0.15) is 91.9 Å². The van der Waals surface area contributed by atoms with E-state index in [4.69, 9.17) is 18.9 Å². The van der Waals surface area contributed by atoms with Gasteiger partial charge in [0.1, 0.15) is 0 Å². The van der Waals surface area contributed by atoms with Crippen LogP contribution in [-0.4, -0.2) is 67.2 Å². The summed E-state index contributed by atoms with van der Waals surface area (Å²) in [5, 5.41) is 9.81. The fourth-order valence-electron chi connectivity index (χ4n) is 3.59. The van der Waals surface area contributed by atoms with Gasteiger partial charge in [0.15, 0.2) is 0 Å². The van der Waals surface area contributed by atoms with Gasteiger partial charge in [-0.3, -0.25) is 4.55 Å². The van der Waals surface area contributed by atoms with E-state index < -0.39 is 39.4 Å². The van der Waals surface area contributed by atoms with E-state index in [1.807, 2.05) is 0 Å². The summed E-state index contributed by atoms with van der Waals surface area (Å²) >= 11 is 0. The van der Waals surface area contributed by atoms with Gasteiger partial charge in [-0.25, -0.2) is 9.59 Å². The van der Waals surface area contributed by atoms with Crippen molar-refractivity contribution in [1.29, 1.82) is 0 Å². The summed E-state index contributed by atoms with van der Waals surface area (Å²) in [6.07, 6.45) is 10.4. The quantitative estimate of drug-likeness (QED) is 0.103. The van der Waals surface area contributed by atoms with E-state index in [0.29, 0.717) is 6.42 Å². The number of carboxylic acids is 1. The molecule has 0 spiro atoms. The van der Waals surface area contributed by atoms with Gasteiger partial charge in [0.2, 0.25) is 0 Å². The van der Waals surface area contributed by atoms with Gasteiger partial charge in [0, 0.05) is 19.8 Å². The molecule has 1 atom stereocenters. The number of carbonyl (C=O) groups excluding carboxylic acids is 1. The van der Waals surface area contributed by atoms with E-state index in [9.17, 15) is 27.7 Å². The first-order valence-corrected chi connectivity index (χ1v) is 13.3. The first-order valence-electron chi connectivity index (χ1n) is 11.9. The molecule has 0 aliphatic rings. The average Bonchev–Trinajstić information content (AvgIpc) is 2.74. The van der Waals surface area contributed by atoms with Gasteiger partial charge in [-0.1, -0.05) is 64.7 Å². The molecule has 2 N–H and O–H groups in total. The zero-order chi connectivity index (χ0) is 25.4. The lowest BCUT2D eigenvalue weighted by Gasteiger charge is -2.41. The maximum absolute atomic E-state index is 13.0. The lowest BCUT2D eigenvalue weighted by atomic mass is 10.1. The first kappa shape index (κ1) is 31.7. The van der Waals surface area contributed by atoms with Gasteiger partial charge < -0.3 is 24.1 Å². The fraction of sp³-hybridized carbons (Fsp3) is 0.909. The summed E-state index contributed by atoms with van der Waals surface area (Å²) in [6.45, 7) is 4.97. The number of rotatable bonds is 21. The molecule has 0 aliphatic carbocycles. The van der Waals surface area contributed by atoms with Crippen LogP contribution in [0.2, 0.25) is 0 Å². The maximum Gasteiger partial charge on any atom is 0.369 e. The third kappa shape index (κ3) is 8.79.